The Balaban J connectivity index is 0.000000222. The number of H-pyrrole nitrogens is 1. The molecule has 8 rings (SSSR count). The summed E-state index contributed by atoms with van der Waals surface area (Å²) in [4.78, 5) is 7.85. The first-order chi connectivity index (χ1) is 42.6. The number of nitrogens with zero attached hydrogens (tertiary/aromatic N) is 1. The first-order valence-corrected chi connectivity index (χ1v) is 25.5. The van der Waals surface area contributed by atoms with E-state index in [2.05, 4.69) is 16.9 Å². The Morgan fingerprint density at radius 1 is 0.286 bits per heavy atom. The number of hydrogen-bond donors (Lipinski definition) is 2. The maximum atomic E-state index is 14.4. The molecule has 7 aromatic carbocycles. The van der Waals surface area contributed by atoms with Crippen LogP contribution in [0.1, 0.15) is 70.5 Å². The SMILES string of the molecule is CCCCCCCCCCCc1ncc(-c2ccc(O)cc2)[nH]1.Fc1c(F)c(F)c(B(c2c(F)c(F)c(F)c(F)c2F)c2c(F)c(F)c(F)c(F)c2F)c(F)c1F.Fc1c(F)c(F)c(B(c2c(F)c(F)c(F)c(F)c2F)c2c(F)c(F)c(F)c(F)c2F)c(F)c1F. The van der Waals surface area contributed by atoms with Crippen LogP contribution in [-0.4, -0.2) is 28.5 Å². The van der Waals surface area contributed by atoms with Gasteiger partial charge in [-0.1, -0.05) is 58.3 Å². The molecule has 0 fully saturated rings. The van der Waals surface area contributed by atoms with Gasteiger partial charge in [0.15, 0.2) is 175 Å². The van der Waals surface area contributed by atoms with E-state index in [4.69, 9.17) is 0 Å². The van der Waals surface area contributed by atoms with Gasteiger partial charge in [0.2, 0.25) is 0 Å². The number of hydrogen-bond acceptors (Lipinski definition) is 2. The van der Waals surface area contributed by atoms with Gasteiger partial charge in [0, 0.05) is 39.2 Å². The Kier molecular flexibility index (Phi) is 23.0. The third-order valence-electron chi connectivity index (χ3n) is 13.5. The van der Waals surface area contributed by atoms with Crippen molar-refractivity contribution in [2.75, 3.05) is 0 Å². The predicted octanol–water partition coefficient (Wildman–Crippen LogP) is 14.4. The number of imidazole rings is 1. The fourth-order valence-electron chi connectivity index (χ4n) is 9.00. The molecule has 1 heterocycles. The summed E-state index contributed by atoms with van der Waals surface area (Å²) in [5.41, 5.74) is -14.0. The van der Waals surface area contributed by atoms with Crippen LogP contribution in [0.5, 0.6) is 5.75 Å². The number of aromatic hydroxyl groups is 1. The van der Waals surface area contributed by atoms with Crippen molar-refractivity contribution in [3.8, 4) is 17.0 Å². The van der Waals surface area contributed by atoms with E-state index >= 15 is 0 Å². The van der Waals surface area contributed by atoms with Crippen molar-refractivity contribution < 1.29 is 137 Å². The van der Waals surface area contributed by atoms with Crippen molar-refractivity contribution in [2.45, 2.75) is 71.1 Å². The fraction of sp³-hybridized carbons (Fsp3) is 0.196. The lowest BCUT2D eigenvalue weighted by Gasteiger charge is -2.21. The smallest absolute Gasteiger partial charge is 0.265 e. The molecule has 0 bridgehead atoms. The fourth-order valence-corrected chi connectivity index (χ4v) is 9.00. The van der Waals surface area contributed by atoms with E-state index in [1.165, 1.54) is 57.8 Å². The van der Waals surface area contributed by atoms with Gasteiger partial charge in [-0.15, -0.1) is 0 Å². The molecule has 3 nitrogen and oxygen atoms in total. The summed E-state index contributed by atoms with van der Waals surface area (Å²) in [6.07, 6.45) is 15.1. The molecule has 486 valence electrons. The minimum Gasteiger partial charge on any atom is -0.508 e. The van der Waals surface area contributed by atoms with Crippen molar-refractivity contribution >= 4 is 46.2 Å². The number of phenols is 1. The largest absolute Gasteiger partial charge is 0.508 e. The molecule has 0 spiro atoms. The third-order valence-corrected chi connectivity index (χ3v) is 13.5. The van der Waals surface area contributed by atoms with E-state index in [1.807, 2.05) is 18.3 Å². The number of rotatable bonds is 17. The maximum absolute atomic E-state index is 14.4. The summed E-state index contributed by atoms with van der Waals surface area (Å²) in [6, 6.07) is 7.23. The molecule has 0 saturated heterocycles. The highest BCUT2D eigenvalue weighted by molar-refractivity contribution is 6.96. The van der Waals surface area contributed by atoms with Gasteiger partial charge in [0.25, 0.3) is 13.4 Å². The highest BCUT2D eigenvalue weighted by Crippen LogP contribution is 2.28. The van der Waals surface area contributed by atoms with E-state index in [-0.39, 0.29) is 0 Å². The van der Waals surface area contributed by atoms with Crippen LogP contribution in [0.2, 0.25) is 0 Å². The molecule has 0 saturated carbocycles. The summed E-state index contributed by atoms with van der Waals surface area (Å²) in [5, 5.41) is 9.33. The highest BCUT2D eigenvalue weighted by Gasteiger charge is 2.47. The Hall–Kier alpha value is -8.42. The van der Waals surface area contributed by atoms with Crippen molar-refractivity contribution in [3.05, 3.63) is 211 Å². The van der Waals surface area contributed by atoms with Crippen LogP contribution in [0.25, 0.3) is 11.3 Å². The van der Waals surface area contributed by atoms with E-state index in [0.29, 0.717) is 5.75 Å². The van der Waals surface area contributed by atoms with Gasteiger partial charge in [0.1, 0.15) is 11.6 Å². The molecule has 2 N–H and O–H groups in total. The Morgan fingerprint density at radius 2 is 0.484 bits per heavy atom. The van der Waals surface area contributed by atoms with Crippen LogP contribution < -0.4 is 32.8 Å². The van der Waals surface area contributed by atoms with E-state index < -0.39 is 221 Å². The zero-order valence-corrected chi connectivity index (χ0v) is 44.8. The second-order valence-corrected chi connectivity index (χ2v) is 19.1. The quantitative estimate of drug-likeness (QED) is 0.0314. The van der Waals surface area contributed by atoms with Crippen molar-refractivity contribution in [1.82, 2.24) is 9.97 Å². The Labute approximate surface area is 491 Å². The molecule has 0 radical (unpaired) electrons. The molecule has 0 atom stereocenters. The lowest BCUT2D eigenvalue weighted by molar-refractivity contribution is 0.380. The van der Waals surface area contributed by atoms with Crippen LogP contribution in [0, 0.1) is 175 Å². The van der Waals surface area contributed by atoms with Crippen molar-refractivity contribution in [1.29, 1.82) is 0 Å². The number of phenolic OH excluding ortho intramolecular Hbond substituents is 1. The predicted molar refractivity (Wildman–Crippen MR) is 263 cm³/mol. The monoisotopic (exact) mass is 1340 g/mol. The second kappa shape index (κ2) is 29.2. The van der Waals surface area contributed by atoms with Crippen molar-refractivity contribution in [3.63, 3.8) is 0 Å². The van der Waals surface area contributed by atoms with Gasteiger partial charge in [-0.3, -0.25) is 0 Å². The number of benzene rings is 7. The van der Waals surface area contributed by atoms with Gasteiger partial charge in [-0.05, 0) is 36.2 Å². The molecular weight excluding hydrogens is 1310 g/mol. The van der Waals surface area contributed by atoms with Crippen LogP contribution in [-0.2, 0) is 6.42 Å². The molecule has 0 aliphatic heterocycles. The summed E-state index contributed by atoms with van der Waals surface area (Å²) in [6.45, 7) is -5.65. The van der Waals surface area contributed by atoms with E-state index in [1.54, 1.807) is 12.1 Å². The van der Waals surface area contributed by atoms with Crippen LogP contribution in [0.4, 0.5) is 132 Å². The lowest BCUT2D eigenvalue weighted by Crippen LogP contribution is -2.60. The van der Waals surface area contributed by atoms with Gasteiger partial charge in [-0.25, -0.2) is 137 Å². The zero-order valence-electron chi connectivity index (χ0n) is 44.8. The summed E-state index contributed by atoms with van der Waals surface area (Å²) < 4.78 is 417. The Bertz CT molecular complexity index is 3370. The molecule has 1 aromatic heterocycles. The molecule has 0 unspecified atom stereocenters. The van der Waals surface area contributed by atoms with E-state index in [0.717, 1.165) is 23.5 Å². The molecule has 8 aromatic rings. The van der Waals surface area contributed by atoms with Gasteiger partial charge in [0.05, 0.1) is 11.9 Å². The average molecular weight is 1340 g/mol. The minimum atomic E-state index is -3.96. The maximum Gasteiger partial charge on any atom is 0.265 e. The molecule has 0 aliphatic rings. The summed E-state index contributed by atoms with van der Waals surface area (Å²) in [7, 11) is 0. The average Bonchev–Trinajstić information content (AvgIpc) is 1.09. The number of nitrogens with one attached hydrogen (secondary N) is 1. The van der Waals surface area contributed by atoms with Crippen molar-refractivity contribution in [2.24, 2.45) is 0 Å². The summed E-state index contributed by atoms with van der Waals surface area (Å²) in [5.74, 6) is -89.1. The highest BCUT2D eigenvalue weighted by atomic mass is 19.2. The van der Waals surface area contributed by atoms with Gasteiger partial charge in [-0.2, -0.15) is 0 Å². The van der Waals surface area contributed by atoms with Gasteiger partial charge < -0.3 is 10.1 Å². The lowest BCUT2D eigenvalue weighted by atomic mass is 9.36. The topological polar surface area (TPSA) is 48.9 Å². The molecule has 35 heteroatoms. The second-order valence-electron chi connectivity index (χ2n) is 19.1. The molecule has 91 heavy (non-hydrogen) atoms. The number of unbranched alkanes of at least 4 members (excludes halogenated alkanes) is 8. The number of aromatic amines is 1. The first-order valence-electron chi connectivity index (χ1n) is 25.5. The first kappa shape index (κ1) is 71.7. The van der Waals surface area contributed by atoms with Gasteiger partial charge >= 0.3 is 0 Å². The molecular formula is C56H30B2F30N2O. The number of aromatic nitrogens is 2. The number of halogens is 30. The van der Waals surface area contributed by atoms with E-state index in [9.17, 15) is 137 Å². The zero-order chi connectivity index (χ0) is 68.3. The minimum absolute atomic E-state index is 0.295. The van der Waals surface area contributed by atoms with Crippen LogP contribution in [0.3, 0.4) is 0 Å². The molecule has 0 aliphatic carbocycles. The summed E-state index contributed by atoms with van der Waals surface area (Å²) >= 11 is 0. The normalized spacial score (nSPS) is 11.3. The standard InChI is InChI=1S/C20H30N2O.2C18BF15/c1-2-3-4-5-6-7-8-9-10-11-20-21-16-19(22-20)17-12-14-18(23)15-13-17;2*20-4-1(5(21)11(27)16(32)10(4)26)19(2-6(22)12(28)17(33)13(29)7(2)23)3-8(24)14(30)18(34)15(31)9(3)25/h12-16,23H,2-11H2,1H3,(H,21,22);;. The van der Waals surface area contributed by atoms with Crippen LogP contribution in [0.15, 0.2) is 30.5 Å². The third kappa shape index (κ3) is 13.8. The Morgan fingerprint density at radius 3 is 0.703 bits per heavy atom. The number of aryl methyl sites for hydroxylation is 1. The molecule has 0 amide bonds. The van der Waals surface area contributed by atoms with Crippen LogP contribution >= 0.6 is 0 Å².